The topological polar surface area (TPSA) is 78.0 Å². The van der Waals surface area contributed by atoms with Gasteiger partial charge in [-0.15, -0.1) is 0 Å². The molecular weight excluding hydrogens is 302 g/mol. The van der Waals surface area contributed by atoms with Crippen molar-refractivity contribution in [1.82, 2.24) is 9.97 Å². The molecule has 0 unspecified atom stereocenters. The second-order valence-electron chi connectivity index (χ2n) is 6.23. The number of rotatable bonds is 6. The van der Waals surface area contributed by atoms with Crippen LogP contribution in [0.1, 0.15) is 37.3 Å². The minimum Gasteiger partial charge on any atom is -0.481 e. The number of aryl methyl sites for hydroxylation is 1. The number of hydrogen-bond donors (Lipinski definition) is 3. The van der Waals surface area contributed by atoms with E-state index in [2.05, 4.69) is 41.3 Å². The fourth-order valence-corrected chi connectivity index (χ4v) is 2.61. The number of fused-ring (bicyclic) bond motifs is 1. The monoisotopic (exact) mass is 323 g/mol. The number of imidazole rings is 1. The first kappa shape index (κ1) is 16.1. The molecule has 0 atom stereocenters. The van der Waals surface area contributed by atoms with Gasteiger partial charge < -0.3 is 15.4 Å². The van der Waals surface area contributed by atoms with Crippen LogP contribution >= 0.6 is 0 Å². The Balaban J connectivity index is 1.76. The minimum atomic E-state index is -0.785. The molecule has 0 saturated heterocycles. The maximum Gasteiger partial charge on any atom is 0.303 e. The van der Waals surface area contributed by atoms with E-state index in [4.69, 9.17) is 5.11 Å². The average Bonchev–Trinajstić information content (AvgIpc) is 2.94. The smallest absolute Gasteiger partial charge is 0.303 e. The molecule has 0 spiro atoms. The number of aromatic nitrogens is 2. The van der Waals surface area contributed by atoms with Crippen LogP contribution in [0.4, 0.5) is 11.6 Å². The Morgan fingerprint density at radius 1 is 1.21 bits per heavy atom. The number of benzene rings is 2. The molecule has 0 saturated carbocycles. The zero-order valence-electron chi connectivity index (χ0n) is 13.8. The Morgan fingerprint density at radius 3 is 2.62 bits per heavy atom. The van der Waals surface area contributed by atoms with Crippen LogP contribution in [0.2, 0.25) is 0 Å². The van der Waals surface area contributed by atoms with Crippen LogP contribution in [-0.4, -0.2) is 21.0 Å². The summed E-state index contributed by atoms with van der Waals surface area (Å²) in [6, 6.07) is 14.1. The molecule has 24 heavy (non-hydrogen) atoms. The van der Waals surface area contributed by atoms with Gasteiger partial charge in [-0.05, 0) is 47.7 Å². The Bertz CT molecular complexity index is 851. The third kappa shape index (κ3) is 3.74. The molecule has 2 aromatic carbocycles. The van der Waals surface area contributed by atoms with Crippen LogP contribution in [-0.2, 0) is 11.2 Å². The normalized spacial score (nSPS) is 11.1. The van der Waals surface area contributed by atoms with Gasteiger partial charge in [-0.3, -0.25) is 4.79 Å². The third-order valence-electron chi connectivity index (χ3n) is 4.01. The molecule has 0 aliphatic carbocycles. The molecule has 0 aliphatic heterocycles. The predicted octanol–water partition coefficient (Wildman–Crippen LogP) is 4.45. The van der Waals surface area contributed by atoms with Gasteiger partial charge in [-0.2, -0.15) is 0 Å². The summed E-state index contributed by atoms with van der Waals surface area (Å²) in [5.41, 5.74) is 5.02. The van der Waals surface area contributed by atoms with Crippen molar-refractivity contribution in [3.63, 3.8) is 0 Å². The Hall–Kier alpha value is -2.82. The van der Waals surface area contributed by atoms with Crippen molar-refractivity contribution in [1.29, 1.82) is 0 Å². The molecule has 0 fully saturated rings. The maximum atomic E-state index is 10.7. The Labute approximate surface area is 140 Å². The van der Waals surface area contributed by atoms with Gasteiger partial charge in [0.05, 0.1) is 11.0 Å². The number of carboxylic acids is 1. The quantitative estimate of drug-likeness (QED) is 0.626. The van der Waals surface area contributed by atoms with Crippen LogP contribution in [0.15, 0.2) is 42.5 Å². The first-order chi connectivity index (χ1) is 11.5. The number of hydrogen-bond acceptors (Lipinski definition) is 3. The minimum absolute atomic E-state index is 0.132. The Kier molecular flexibility index (Phi) is 4.51. The fraction of sp³-hybridized carbons (Fsp3) is 0.263. The molecule has 0 amide bonds. The van der Waals surface area contributed by atoms with E-state index in [1.54, 1.807) is 0 Å². The number of H-pyrrole nitrogens is 1. The van der Waals surface area contributed by atoms with Gasteiger partial charge in [0, 0.05) is 12.1 Å². The molecule has 124 valence electrons. The van der Waals surface area contributed by atoms with Crippen molar-refractivity contribution < 1.29 is 9.90 Å². The zero-order valence-corrected chi connectivity index (χ0v) is 13.8. The van der Waals surface area contributed by atoms with E-state index in [-0.39, 0.29) is 6.42 Å². The highest BCUT2D eigenvalue weighted by Gasteiger charge is 2.06. The summed E-state index contributed by atoms with van der Waals surface area (Å²) >= 11 is 0. The molecular formula is C19H21N3O2. The van der Waals surface area contributed by atoms with E-state index >= 15 is 0 Å². The van der Waals surface area contributed by atoms with Gasteiger partial charge in [0.1, 0.15) is 0 Å². The number of nitrogens with zero attached hydrogens (tertiary/aromatic N) is 1. The van der Waals surface area contributed by atoms with Crippen LogP contribution in [0.25, 0.3) is 11.0 Å². The summed E-state index contributed by atoms with van der Waals surface area (Å²) < 4.78 is 0. The summed E-state index contributed by atoms with van der Waals surface area (Å²) in [7, 11) is 0. The number of aromatic amines is 1. The van der Waals surface area contributed by atoms with Gasteiger partial charge in [0.2, 0.25) is 5.95 Å². The molecule has 0 bridgehead atoms. The van der Waals surface area contributed by atoms with Crippen molar-refractivity contribution in [2.75, 3.05) is 5.32 Å². The van der Waals surface area contributed by atoms with Gasteiger partial charge in [0.25, 0.3) is 0 Å². The van der Waals surface area contributed by atoms with E-state index < -0.39 is 5.97 Å². The number of carboxylic acid groups (broad SMARTS) is 1. The molecule has 3 N–H and O–H groups in total. The van der Waals surface area contributed by atoms with E-state index in [0.29, 0.717) is 18.3 Å². The summed E-state index contributed by atoms with van der Waals surface area (Å²) in [6.45, 7) is 4.34. The predicted molar refractivity (Wildman–Crippen MR) is 95.9 cm³/mol. The van der Waals surface area contributed by atoms with Gasteiger partial charge in [-0.1, -0.05) is 32.0 Å². The molecule has 3 rings (SSSR count). The molecule has 0 radical (unpaired) electrons. The molecule has 1 heterocycles. The highest BCUT2D eigenvalue weighted by Crippen LogP contribution is 2.22. The lowest BCUT2D eigenvalue weighted by atomic mass is 10.0. The van der Waals surface area contributed by atoms with Crippen molar-refractivity contribution in [3.8, 4) is 0 Å². The maximum absolute atomic E-state index is 10.7. The lowest BCUT2D eigenvalue weighted by Gasteiger charge is -2.07. The molecule has 1 aromatic heterocycles. The van der Waals surface area contributed by atoms with Crippen molar-refractivity contribution in [2.24, 2.45) is 0 Å². The largest absolute Gasteiger partial charge is 0.481 e. The SMILES string of the molecule is CC(C)c1ccc(Nc2nc3ccc(CCC(=O)O)cc3[nH]2)cc1. The standard InChI is InChI=1S/C19H21N3O2/c1-12(2)14-5-7-15(8-6-14)20-19-21-16-9-3-13(4-10-18(23)24)11-17(16)22-19/h3,5-9,11-12H,4,10H2,1-2H3,(H,23,24)(H2,20,21,22). The van der Waals surface area contributed by atoms with Crippen LogP contribution in [0.3, 0.4) is 0 Å². The molecule has 3 aromatic rings. The number of nitrogens with one attached hydrogen (secondary N) is 2. The van der Waals surface area contributed by atoms with E-state index in [1.807, 2.05) is 30.3 Å². The van der Waals surface area contributed by atoms with E-state index in [1.165, 1.54) is 5.56 Å². The number of carbonyl (C=O) groups is 1. The van der Waals surface area contributed by atoms with Gasteiger partial charge in [-0.25, -0.2) is 4.98 Å². The Morgan fingerprint density at radius 2 is 1.96 bits per heavy atom. The van der Waals surface area contributed by atoms with E-state index in [9.17, 15) is 4.79 Å². The summed E-state index contributed by atoms with van der Waals surface area (Å²) in [5.74, 6) is 0.402. The highest BCUT2D eigenvalue weighted by atomic mass is 16.4. The fourth-order valence-electron chi connectivity index (χ4n) is 2.61. The first-order valence-corrected chi connectivity index (χ1v) is 8.08. The second kappa shape index (κ2) is 6.74. The van der Waals surface area contributed by atoms with Gasteiger partial charge >= 0.3 is 5.97 Å². The number of anilines is 2. The summed E-state index contributed by atoms with van der Waals surface area (Å²) in [5, 5.41) is 12.0. The first-order valence-electron chi connectivity index (χ1n) is 8.08. The van der Waals surface area contributed by atoms with Crippen LogP contribution < -0.4 is 5.32 Å². The summed E-state index contributed by atoms with van der Waals surface area (Å²) in [6.07, 6.45) is 0.649. The molecule has 5 heteroatoms. The summed E-state index contributed by atoms with van der Waals surface area (Å²) in [4.78, 5) is 18.4. The second-order valence-corrected chi connectivity index (χ2v) is 6.23. The lowest BCUT2D eigenvalue weighted by Crippen LogP contribution is -1.97. The van der Waals surface area contributed by atoms with Gasteiger partial charge in [0.15, 0.2) is 0 Å². The highest BCUT2D eigenvalue weighted by molar-refractivity contribution is 5.79. The number of aliphatic carboxylic acids is 1. The third-order valence-corrected chi connectivity index (χ3v) is 4.01. The van der Waals surface area contributed by atoms with Crippen molar-refractivity contribution in [2.45, 2.75) is 32.6 Å². The average molecular weight is 323 g/mol. The lowest BCUT2D eigenvalue weighted by molar-refractivity contribution is -0.136. The van der Waals surface area contributed by atoms with E-state index in [0.717, 1.165) is 22.3 Å². The molecule has 5 nitrogen and oxygen atoms in total. The molecule has 0 aliphatic rings. The van der Waals surface area contributed by atoms with Crippen LogP contribution in [0, 0.1) is 0 Å². The van der Waals surface area contributed by atoms with Crippen LogP contribution in [0.5, 0.6) is 0 Å². The van der Waals surface area contributed by atoms with Crippen molar-refractivity contribution >= 4 is 28.6 Å². The zero-order chi connectivity index (χ0) is 17.1. The van der Waals surface area contributed by atoms with Crippen molar-refractivity contribution in [3.05, 3.63) is 53.6 Å².